The summed E-state index contributed by atoms with van der Waals surface area (Å²) in [5, 5.41) is 0. The van der Waals surface area contributed by atoms with E-state index >= 15 is 0 Å². The third-order valence-corrected chi connectivity index (χ3v) is 5.06. The van der Waals surface area contributed by atoms with Crippen molar-refractivity contribution < 1.29 is 0 Å². The lowest BCUT2D eigenvalue weighted by Gasteiger charge is -2.07. The molecule has 3 aliphatic carbocycles. The molecule has 0 spiro atoms. The first kappa shape index (κ1) is 11.8. The van der Waals surface area contributed by atoms with Crippen LogP contribution in [0.25, 0.3) is 11.3 Å². The van der Waals surface area contributed by atoms with Gasteiger partial charge in [-0.05, 0) is 50.0 Å². The van der Waals surface area contributed by atoms with Crippen LogP contribution in [0.4, 0.5) is 5.82 Å². The van der Waals surface area contributed by atoms with Crippen molar-refractivity contribution >= 4 is 5.82 Å². The fraction of sp³-hybridized carbons (Fsp3) is 0.500. The third-order valence-electron chi connectivity index (χ3n) is 5.06. The Balaban J connectivity index is 1.56. The number of hydrogen-bond acceptors (Lipinski definition) is 2. The van der Waals surface area contributed by atoms with E-state index < -0.39 is 0 Å². The number of hydrogen-bond donors (Lipinski definition) is 1. The van der Waals surface area contributed by atoms with Crippen LogP contribution < -0.4 is 5.73 Å². The minimum absolute atomic E-state index is 0.618. The SMILES string of the molecule is Nc1c(-c2ccc(C3CC3)cc2)nc(C2CC2)n1C1CC1. The van der Waals surface area contributed by atoms with Gasteiger partial charge in [-0.15, -0.1) is 0 Å². The van der Waals surface area contributed by atoms with Crippen molar-refractivity contribution in [2.75, 3.05) is 5.73 Å². The second-order valence-electron chi connectivity index (χ2n) is 6.98. The molecule has 0 unspecified atom stereocenters. The van der Waals surface area contributed by atoms with E-state index in [1.54, 1.807) is 0 Å². The first-order valence-electron chi connectivity index (χ1n) is 8.29. The van der Waals surface area contributed by atoms with Crippen LogP contribution in [-0.4, -0.2) is 9.55 Å². The lowest BCUT2D eigenvalue weighted by atomic mass is 10.1. The number of aromatic nitrogens is 2. The third kappa shape index (κ3) is 1.98. The summed E-state index contributed by atoms with van der Waals surface area (Å²) in [5.41, 5.74) is 10.1. The Labute approximate surface area is 125 Å². The molecule has 0 bridgehead atoms. The van der Waals surface area contributed by atoms with Crippen molar-refractivity contribution in [2.45, 2.75) is 56.4 Å². The summed E-state index contributed by atoms with van der Waals surface area (Å²) in [6.45, 7) is 0. The number of benzene rings is 1. The van der Waals surface area contributed by atoms with E-state index in [1.807, 2.05) is 0 Å². The Kier molecular flexibility index (Phi) is 2.33. The Morgan fingerprint density at radius 3 is 2.14 bits per heavy atom. The second-order valence-corrected chi connectivity index (χ2v) is 6.98. The molecule has 3 saturated carbocycles. The fourth-order valence-corrected chi connectivity index (χ4v) is 3.35. The number of nitrogens with zero attached hydrogens (tertiary/aromatic N) is 2. The van der Waals surface area contributed by atoms with Gasteiger partial charge in [-0.1, -0.05) is 24.3 Å². The molecule has 0 aliphatic heterocycles. The van der Waals surface area contributed by atoms with Gasteiger partial charge in [0.25, 0.3) is 0 Å². The molecule has 21 heavy (non-hydrogen) atoms. The van der Waals surface area contributed by atoms with Gasteiger partial charge in [-0.25, -0.2) is 4.98 Å². The number of nitrogen functional groups attached to an aromatic ring is 1. The molecule has 3 aliphatic rings. The summed E-state index contributed by atoms with van der Waals surface area (Å²) >= 11 is 0. The highest BCUT2D eigenvalue weighted by Crippen LogP contribution is 2.48. The van der Waals surface area contributed by atoms with Gasteiger partial charge >= 0.3 is 0 Å². The average Bonchev–Trinajstić information content (AvgIpc) is 3.39. The van der Waals surface area contributed by atoms with Crippen molar-refractivity contribution in [3.8, 4) is 11.3 Å². The van der Waals surface area contributed by atoms with Gasteiger partial charge in [0, 0.05) is 17.5 Å². The zero-order valence-electron chi connectivity index (χ0n) is 12.3. The first-order valence-corrected chi connectivity index (χ1v) is 8.29. The maximum atomic E-state index is 6.45. The Hall–Kier alpha value is -1.77. The minimum Gasteiger partial charge on any atom is -0.383 e. The number of anilines is 1. The molecule has 2 aromatic rings. The van der Waals surface area contributed by atoms with Gasteiger partial charge in [-0.3, -0.25) is 0 Å². The monoisotopic (exact) mass is 279 g/mol. The van der Waals surface area contributed by atoms with Gasteiger partial charge in [-0.2, -0.15) is 0 Å². The predicted octanol–water partition coefficient (Wildman–Crippen LogP) is 4.22. The summed E-state index contributed by atoms with van der Waals surface area (Å²) in [6.07, 6.45) is 7.79. The molecule has 5 rings (SSSR count). The summed E-state index contributed by atoms with van der Waals surface area (Å²) < 4.78 is 2.34. The van der Waals surface area contributed by atoms with E-state index in [0.717, 1.165) is 17.4 Å². The number of rotatable bonds is 4. The van der Waals surface area contributed by atoms with E-state index in [1.165, 1.54) is 55.5 Å². The van der Waals surface area contributed by atoms with Crippen LogP contribution in [0.5, 0.6) is 0 Å². The minimum atomic E-state index is 0.618. The summed E-state index contributed by atoms with van der Waals surface area (Å²) in [4.78, 5) is 4.93. The van der Waals surface area contributed by atoms with Crippen molar-refractivity contribution in [3.63, 3.8) is 0 Å². The van der Waals surface area contributed by atoms with Gasteiger partial charge in [0.05, 0.1) is 0 Å². The molecule has 1 heterocycles. The van der Waals surface area contributed by atoms with Crippen LogP contribution >= 0.6 is 0 Å². The fourth-order valence-electron chi connectivity index (χ4n) is 3.35. The molecular formula is C18H21N3. The predicted molar refractivity (Wildman–Crippen MR) is 84.3 cm³/mol. The van der Waals surface area contributed by atoms with Crippen LogP contribution in [0.2, 0.25) is 0 Å². The largest absolute Gasteiger partial charge is 0.383 e. The highest BCUT2D eigenvalue weighted by Gasteiger charge is 2.36. The van der Waals surface area contributed by atoms with E-state index in [-0.39, 0.29) is 0 Å². The van der Waals surface area contributed by atoms with E-state index in [9.17, 15) is 0 Å². The zero-order chi connectivity index (χ0) is 14.0. The smallest absolute Gasteiger partial charge is 0.132 e. The molecular weight excluding hydrogens is 258 g/mol. The van der Waals surface area contributed by atoms with Crippen molar-refractivity contribution in [1.82, 2.24) is 9.55 Å². The molecule has 0 radical (unpaired) electrons. The van der Waals surface area contributed by atoms with Gasteiger partial charge in [0.15, 0.2) is 0 Å². The molecule has 108 valence electrons. The first-order chi connectivity index (χ1) is 10.3. The van der Waals surface area contributed by atoms with Crippen LogP contribution in [0.3, 0.4) is 0 Å². The molecule has 0 saturated heterocycles. The molecule has 3 nitrogen and oxygen atoms in total. The summed E-state index contributed by atoms with van der Waals surface area (Å²) in [5.74, 6) is 3.60. The van der Waals surface area contributed by atoms with Gasteiger partial charge < -0.3 is 10.3 Å². The van der Waals surface area contributed by atoms with Crippen molar-refractivity contribution in [1.29, 1.82) is 0 Å². The van der Waals surface area contributed by atoms with Gasteiger partial charge in [0.2, 0.25) is 0 Å². The highest BCUT2D eigenvalue weighted by atomic mass is 15.2. The molecule has 3 heteroatoms. The Morgan fingerprint density at radius 1 is 0.905 bits per heavy atom. The maximum absolute atomic E-state index is 6.45. The maximum Gasteiger partial charge on any atom is 0.132 e. The zero-order valence-corrected chi connectivity index (χ0v) is 12.3. The number of nitrogens with two attached hydrogens (primary N) is 1. The molecule has 2 N–H and O–H groups in total. The van der Waals surface area contributed by atoms with Crippen LogP contribution in [0, 0.1) is 0 Å². The van der Waals surface area contributed by atoms with E-state index in [0.29, 0.717) is 12.0 Å². The summed E-state index contributed by atoms with van der Waals surface area (Å²) in [7, 11) is 0. The average molecular weight is 279 g/mol. The van der Waals surface area contributed by atoms with E-state index in [2.05, 4.69) is 28.8 Å². The van der Waals surface area contributed by atoms with Crippen LogP contribution in [0.1, 0.15) is 67.8 Å². The second kappa shape index (κ2) is 4.12. The lowest BCUT2D eigenvalue weighted by Crippen LogP contribution is -2.04. The van der Waals surface area contributed by atoms with Crippen LogP contribution in [0.15, 0.2) is 24.3 Å². The quantitative estimate of drug-likeness (QED) is 0.910. The summed E-state index contributed by atoms with van der Waals surface area (Å²) in [6, 6.07) is 9.56. The molecule has 1 aromatic heterocycles. The van der Waals surface area contributed by atoms with Crippen LogP contribution in [-0.2, 0) is 0 Å². The Morgan fingerprint density at radius 2 is 1.57 bits per heavy atom. The molecule has 1 aromatic carbocycles. The Bertz CT molecular complexity index is 686. The normalized spacial score (nSPS) is 21.7. The number of imidazole rings is 1. The molecule has 0 amide bonds. The standard InChI is InChI=1S/C18H21N3/c19-17-16(13-5-3-12(4-6-13)11-1-2-11)20-18(14-7-8-14)21(17)15-9-10-15/h3-6,11,14-15H,1-2,7-10,19H2. The van der Waals surface area contributed by atoms with E-state index in [4.69, 9.17) is 10.7 Å². The topological polar surface area (TPSA) is 43.8 Å². The van der Waals surface area contributed by atoms with Crippen molar-refractivity contribution in [2.24, 2.45) is 0 Å². The van der Waals surface area contributed by atoms with Gasteiger partial charge in [0.1, 0.15) is 17.3 Å². The molecule has 3 fully saturated rings. The lowest BCUT2D eigenvalue weighted by molar-refractivity contribution is 0.691. The molecule has 0 atom stereocenters. The van der Waals surface area contributed by atoms with Crippen molar-refractivity contribution in [3.05, 3.63) is 35.7 Å². The highest BCUT2D eigenvalue weighted by molar-refractivity contribution is 5.72.